The maximum absolute atomic E-state index is 12.6. The first-order valence-electron chi connectivity index (χ1n) is 14.8. The van der Waals surface area contributed by atoms with Crippen LogP contribution < -0.4 is 10.6 Å². The molecule has 4 fully saturated rings. The molecular formula is C30H45N3O4. The second-order valence-corrected chi connectivity index (χ2v) is 13.3. The Bertz CT molecular complexity index is 993. The highest BCUT2D eigenvalue weighted by molar-refractivity contribution is 5.85. The molecule has 0 spiro atoms. The van der Waals surface area contributed by atoms with E-state index in [9.17, 15) is 14.7 Å². The zero-order valence-corrected chi connectivity index (χ0v) is 22.6. The third-order valence-electron chi connectivity index (χ3n) is 11.5. The highest BCUT2D eigenvalue weighted by Gasteiger charge is 2.58. The predicted octanol–water partition coefficient (Wildman–Crippen LogP) is 3.78. The number of fused-ring (bicyclic) bond motifs is 5. The molecule has 3 saturated carbocycles. The number of aliphatic hydroxyl groups is 1. The van der Waals surface area contributed by atoms with Gasteiger partial charge < -0.3 is 20.5 Å². The number of hydrogen-bond donors (Lipinski definition) is 3. The van der Waals surface area contributed by atoms with Gasteiger partial charge in [0.2, 0.25) is 0 Å². The van der Waals surface area contributed by atoms with Crippen LogP contribution in [-0.4, -0.2) is 66.9 Å². The number of likely N-dealkylation sites (tertiary alicyclic amines) is 1. The third kappa shape index (κ3) is 4.54. The summed E-state index contributed by atoms with van der Waals surface area (Å²) in [5, 5.41) is 16.0. The molecule has 8 atom stereocenters. The van der Waals surface area contributed by atoms with Crippen molar-refractivity contribution in [3.8, 4) is 0 Å². The molecule has 0 aromatic heterocycles. The van der Waals surface area contributed by atoms with Gasteiger partial charge in [-0.1, -0.05) is 25.5 Å². The third-order valence-corrected chi connectivity index (χ3v) is 11.5. The van der Waals surface area contributed by atoms with E-state index in [4.69, 9.17) is 4.74 Å². The summed E-state index contributed by atoms with van der Waals surface area (Å²) in [5.74, 6) is 2.32. The number of urea groups is 1. The molecule has 0 aromatic carbocycles. The average Bonchev–Trinajstić information content (AvgIpc) is 3.57. The van der Waals surface area contributed by atoms with E-state index in [1.165, 1.54) is 37.7 Å². The van der Waals surface area contributed by atoms with Crippen LogP contribution in [0.15, 0.2) is 23.3 Å². The number of nitrogens with zero attached hydrogens (tertiary/aromatic N) is 1. The molecule has 2 aliphatic heterocycles. The maximum atomic E-state index is 12.6. The van der Waals surface area contributed by atoms with Crippen LogP contribution >= 0.6 is 0 Å². The molecule has 6 aliphatic rings. The minimum absolute atomic E-state index is 0.0405. The van der Waals surface area contributed by atoms with Gasteiger partial charge >= 0.3 is 12.0 Å². The first kappa shape index (κ1) is 25.4. The van der Waals surface area contributed by atoms with Crippen LogP contribution in [0.4, 0.5) is 4.79 Å². The Hall–Kier alpha value is -1.86. The lowest BCUT2D eigenvalue weighted by Gasteiger charge is -2.60. The molecule has 0 radical (unpaired) electrons. The van der Waals surface area contributed by atoms with Crippen LogP contribution in [0.3, 0.4) is 0 Å². The first-order valence-corrected chi connectivity index (χ1v) is 14.8. The number of amides is 2. The fourth-order valence-electron chi connectivity index (χ4n) is 9.45. The Labute approximate surface area is 221 Å². The Morgan fingerprint density at radius 2 is 2.05 bits per heavy atom. The van der Waals surface area contributed by atoms with Crippen molar-refractivity contribution in [2.45, 2.75) is 83.8 Å². The van der Waals surface area contributed by atoms with Crippen LogP contribution in [-0.2, 0) is 9.53 Å². The van der Waals surface area contributed by atoms with Gasteiger partial charge in [0.05, 0.1) is 6.10 Å². The highest BCUT2D eigenvalue weighted by atomic mass is 16.5. The summed E-state index contributed by atoms with van der Waals surface area (Å²) in [4.78, 5) is 26.6. The number of carbonyl (C=O) groups excluding carboxylic acids is 2. The Kier molecular flexibility index (Phi) is 6.67. The van der Waals surface area contributed by atoms with Crippen molar-refractivity contribution in [1.29, 1.82) is 0 Å². The lowest BCUT2D eigenvalue weighted by molar-refractivity contribution is -0.135. The summed E-state index contributed by atoms with van der Waals surface area (Å²) in [5.41, 5.74) is 3.41. The summed E-state index contributed by atoms with van der Waals surface area (Å²) >= 11 is 0. The van der Waals surface area contributed by atoms with Gasteiger partial charge in [0.25, 0.3) is 0 Å². The smallest absolute Gasteiger partial charge is 0.331 e. The number of carbonyl (C=O) groups is 2. The normalized spacial score (nSPS) is 43.3. The number of nitrogens with one attached hydrogen (secondary N) is 2. The summed E-state index contributed by atoms with van der Waals surface area (Å²) < 4.78 is 5.28. The van der Waals surface area contributed by atoms with Crippen LogP contribution in [0.1, 0.15) is 71.6 Å². The Morgan fingerprint density at radius 3 is 2.81 bits per heavy atom. The molecule has 1 saturated heterocycles. The fraction of sp³-hybridized carbons (Fsp3) is 0.800. The zero-order valence-electron chi connectivity index (χ0n) is 22.6. The van der Waals surface area contributed by atoms with Crippen LogP contribution in [0.5, 0.6) is 0 Å². The summed E-state index contributed by atoms with van der Waals surface area (Å²) in [6.07, 6.45) is 14.3. The molecular weight excluding hydrogens is 466 g/mol. The first-order chi connectivity index (χ1) is 17.8. The quantitative estimate of drug-likeness (QED) is 0.386. The van der Waals surface area contributed by atoms with Gasteiger partial charge in [-0.15, -0.1) is 0 Å². The molecule has 0 aromatic rings. The monoisotopic (exact) mass is 511 g/mol. The van der Waals surface area contributed by atoms with E-state index in [0.29, 0.717) is 36.3 Å². The van der Waals surface area contributed by atoms with E-state index < -0.39 is 0 Å². The van der Waals surface area contributed by atoms with Crippen molar-refractivity contribution < 1.29 is 19.4 Å². The number of hydrogen-bond acceptors (Lipinski definition) is 5. The number of aliphatic hydroxyl groups excluding tert-OH is 1. The summed E-state index contributed by atoms with van der Waals surface area (Å²) in [6.45, 7) is 8.55. The Morgan fingerprint density at radius 1 is 1.19 bits per heavy atom. The molecule has 204 valence electrons. The van der Waals surface area contributed by atoms with Gasteiger partial charge in [0, 0.05) is 38.3 Å². The zero-order chi connectivity index (χ0) is 25.8. The molecule has 2 amide bonds. The van der Waals surface area contributed by atoms with Crippen LogP contribution in [0, 0.1) is 34.5 Å². The molecule has 7 heteroatoms. The van der Waals surface area contributed by atoms with E-state index >= 15 is 0 Å². The second-order valence-electron chi connectivity index (χ2n) is 13.3. The van der Waals surface area contributed by atoms with E-state index in [1.54, 1.807) is 11.6 Å². The SMILES string of the molecule is C[C@]12CC[C@H](NC(=O)NCCN3CC[C@@H](O)C3)C[C@H]1CC[C@H]1C3=CC[C@H](C4=CC(=O)OC4)[C@@]3(C)CC[C@@H]12. The number of allylic oxidation sites excluding steroid dienone is 2. The number of esters is 1. The van der Waals surface area contributed by atoms with Gasteiger partial charge in [-0.3, -0.25) is 4.90 Å². The molecule has 7 nitrogen and oxygen atoms in total. The topological polar surface area (TPSA) is 90.9 Å². The number of β-amino-alcohol motifs (C(OH)–C–C–N with tert-alkyl or cyclic N) is 1. The van der Waals surface area contributed by atoms with Crippen LogP contribution in [0.25, 0.3) is 0 Å². The van der Waals surface area contributed by atoms with Crippen molar-refractivity contribution in [2.75, 3.05) is 32.8 Å². The number of cyclic esters (lactones) is 1. The fourth-order valence-corrected chi connectivity index (χ4v) is 9.45. The Balaban J connectivity index is 1.04. The van der Waals surface area contributed by atoms with E-state index in [1.807, 2.05) is 0 Å². The van der Waals surface area contributed by atoms with Gasteiger partial charge in [-0.25, -0.2) is 9.59 Å². The van der Waals surface area contributed by atoms with Gasteiger partial charge in [0.15, 0.2) is 0 Å². The molecule has 2 heterocycles. The molecule has 3 N–H and O–H groups in total. The van der Waals surface area contributed by atoms with Crippen molar-refractivity contribution in [3.05, 3.63) is 23.3 Å². The van der Waals surface area contributed by atoms with Crippen molar-refractivity contribution >= 4 is 12.0 Å². The molecule has 37 heavy (non-hydrogen) atoms. The molecule has 4 aliphatic carbocycles. The molecule has 0 bridgehead atoms. The number of rotatable bonds is 5. The standard InChI is InChI=1S/C30H45N3O4/c1-29-10-7-21(32-28(36)31-12-14-33-13-9-22(34)17-33)16-20(29)3-4-23-25-6-5-24(19-15-27(35)37-18-19)30(25,2)11-8-26(23)29/h6,15,20-24,26,34H,3-5,7-14,16-18H2,1-2H3,(H2,31,32,36)/t20-,21+,22-,23+,24-,26+,29+,30-/m1/s1. The van der Waals surface area contributed by atoms with Crippen molar-refractivity contribution in [2.24, 2.45) is 34.5 Å². The second kappa shape index (κ2) is 9.71. The molecule has 6 rings (SSSR count). The van der Waals surface area contributed by atoms with Crippen LogP contribution in [0.2, 0.25) is 0 Å². The van der Waals surface area contributed by atoms with E-state index in [2.05, 4.69) is 35.5 Å². The van der Waals surface area contributed by atoms with E-state index in [0.717, 1.165) is 51.2 Å². The molecule has 0 unspecified atom stereocenters. The predicted molar refractivity (Wildman–Crippen MR) is 142 cm³/mol. The lowest BCUT2D eigenvalue weighted by Crippen LogP contribution is -2.54. The minimum atomic E-state index is -0.213. The van der Waals surface area contributed by atoms with Gasteiger partial charge in [0.1, 0.15) is 6.61 Å². The number of ether oxygens (including phenoxy) is 1. The van der Waals surface area contributed by atoms with Crippen molar-refractivity contribution in [3.63, 3.8) is 0 Å². The van der Waals surface area contributed by atoms with Gasteiger partial charge in [-0.05, 0) is 97.9 Å². The largest absolute Gasteiger partial charge is 0.458 e. The van der Waals surface area contributed by atoms with E-state index in [-0.39, 0.29) is 29.6 Å². The summed E-state index contributed by atoms with van der Waals surface area (Å²) in [6, 6.07) is 0.223. The maximum Gasteiger partial charge on any atom is 0.331 e. The summed E-state index contributed by atoms with van der Waals surface area (Å²) in [7, 11) is 0. The average molecular weight is 512 g/mol. The lowest BCUT2D eigenvalue weighted by atomic mass is 9.45. The highest BCUT2D eigenvalue weighted by Crippen LogP contribution is 2.66. The van der Waals surface area contributed by atoms with Crippen molar-refractivity contribution in [1.82, 2.24) is 15.5 Å². The minimum Gasteiger partial charge on any atom is -0.458 e. The van der Waals surface area contributed by atoms with Gasteiger partial charge in [-0.2, -0.15) is 0 Å².